The number of pyridine rings is 2. The molecule has 0 N–H and O–H groups in total. The van der Waals surface area contributed by atoms with Gasteiger partial charge in [0.2, 0.25) is 0 Å². The zero-order valence-electron chi connectivity index (χ0n) is 17.7. The van der Waals surface area contributed by atoms with E-state index in [9.17, 15) is 0 Å². The van der Waals surface area contributed by atoms with Crippen LogP contribution in [0.1, 0.15) is 52.7 Å². The van der Waals surface area contributed by atoms with Gasteiger partial charge in [0, 0.05) is 35.6 Å². The van der Waals surface area contributed by atoms with Gasteiger partial charge >= 0.3 is 5.15 Å². The third-order valence-corrected chi connectivity index (χ3v) is 13.0. The largest absolute Gasteiger partial charge is 0.358 e. The van der Waals surface area contributed by atoms with Gasteiger partial charge in [-0.25, -0.2) is 9.97 Å². The molecule has 0 aliphatic carbocycles. The van der Waals surface area contributed by atoms with Gasteiger partial charge < -0.3 is 4.23 Å². The second-order valence-electron chi connectivity index (χ2n) is 8.44. The summed E-state index contributed by atoms with van der Waals surface area (Å²) in [6.07, 6.45) is 10.4. The average molecular weight is 413 g/mol. The van der Waals surface area contributed by atoms with Crippen LogP contribution in [0.5, 0.6) is 0 Å². The molecule has 0 aliphatic rings. The van der Waals surface area contributed by atoms with E-state index in [1.54, 1.807) is 0 Å². The number of rotatable bonds is 6. The summed E-state index contributed by atoms with van der Waals surface area (Å²) < 4.78 is 2.58. The van der Waals surface area contributed by atoms with Gasteiger partial charge in [0.25, 0.3) is 0 Å². The highest BCUT2D eigenvalue weighted by Crippen LogP contribution is 2.44. The summed E-state index contributed by atoms with van der Waals surface area (Å²) in [5.74, 6) is 0. The molecule has 0 bridgehead atoms. The van der Waals surface area contributed by atoms with E-state index in [0.29, 0.717) is 21.8 Å². The second kappa shape index (κ2) is 8.22. The van der Waals surface area contributed by atoms with Gasteiger partial charge in [-0.05, 0) is 40.4 Å². The Morgan fingerprint density at radius 3 is 2.18 bits per heavy atom. The maximum absolute atomic E-state index is 5.09. The zero-order valence-corrected chi connectivity index (χ0v) is 19.5. The minimum absolute atomic E-state index is 0.616. The second-order valence-corrected chi connectivity index (χ2v) is 14.6. The molecule has 0 amide bonds. The van der Waals surface area contributed by atoms with Gasteiger partial charge in [-0.3, -0.25) is 0 Å². The van der Waals surface area contributed by atoms with Crippen LogP contribution < -0.4 is 0 Å². The first-order valence-corrected chi connectivity index (χ1v) is 12.6. The molecule has 0 radical (unpaired) electrons. The summed E-state index contributed by atoms with van der Waals surface area (Å²) >= 11 is 5.09. The molecule has 3 aromatic rings. The number of hydrogen-bond donors (Lipinski definition) is 0. The first kappa shape index (κ1) is 20.8. The molecule has 0 atom stereocenters. The Balaban J connectivity index is 2.19. The predicted molar refractivity (Wildman–Crippen MR) is 120 cm³/mol. The number of aromatic nitrogens is 3. The predicted octanol–water partition coefficient (Wildman–Crippen LogP) is 6.32. The molecule has 0 fully saturated rings. The van der Waals surface area contributed by atoms with E-state index in [-0.39, 0.29) is 0 Å². The lowest BCUT2D eigenvalue weighted by atomic mass is 10.2. The van der Waals surface area contributed by atoms with Crippen LogP contribution in [0.4, 0.5) is 0 Å². The fourth-order valence-corrected chi connectivity index (χ4v) is 11.7. The summed E-state index contributed by atoms with van der Waals surface area (Å²) in [5.41, 5.74) is 5.23. The van der Waals surface area contributed by atoms with Crippen LogP contribution in [-0.2, 0) is 0 Å². The van der Waals surface area contributed by atoms with Crippen molar-refractivity contribution in [2.75, 3.05) is 0 Å². The maximum Gasteiger partial charge on any atom is 0.318 e. The van der Waals surface area contributed by atoms with Gasteiger partial charge in [0.1, 0.15) is 5.65 Å². The number of hydrogen-bond acceptors (Lipinski definition) is 2. The van der Waals surface area contributed by atoms with Gasteiger partial charge in [0.15, 0.2) is 19.8 Å². The van der Waals surface area contributed by atoms with E-state index in [2.05, 4.69) is 75.2 Å². The highest BCUT2D eigenvalue weighted by Gasteiger charge is 2.46. The van der Waals surface area contributed by atoms with Gasteiger partial charge in [-0.1, -0.05) is 53.7 Å². The van der Waals surface area contributed by atoms with Crippen molar-refractivity contribution in [3.8, 4) is 0 Å². The summed E-state index contributed by atoms with van der Waals surface area (Å²) in [7, 11) is -1.87. The first-order chi connectivity index (χ1) is 13.3. The van der Waals surface area contributed by atoms with Crippen molar-refractivity contribution in [2.45, 2.75) is 58.2 Å². The lowest BCUT2D eigenvalue weighted by molar-refractivity contribution is -0.296. The van der Waals surface area contributed by atoms with Crippen molar-refractivity contribution in [3.05, 3.63) is 59.1 Å². The van der Waals surface area contributed by atoms with Crippen LogP contribution in [0.25, 0.3) is 23.2 Å². The molecule has 0 unspecified atom stereocenters. The fraction of sp³-hybridized carbons (Fsp3) is 0.391. The fourth-order valence-electron chi connectivity index (χ4n) is 5.02. The minimum Gasteiger partial charge on any atom is -0.358 e. The van der Waals surface area contributed by atoms with Crippen molar-refractivity contribution in [2.24, 2.45) is 0 Å². The van der Waals surface area contributed by atoms with Crippen molar-refractivity contribution in [1.29, 1.82) is 0 Å². The first-order valence-electron chi connectivity index (χ1n) is 10.1. The van der Waals surface area contributed by atoms with Crippen molar-refractivity contribution >= 4 is 31.4 Å². The van der Waals surface area contributed by atoms with Crippen LogP contribution in [-0.4, -0.2) is 22.4 Å². The third-order valence-electron chi connectivity index (χ3n) is 6.00. The van der Waals surface area contributed by atoms with Crippen molar-refractivity contribution in [3.63, 3.8) is 0 Å². The molecule has 0 aliphatic heterocycles. The van der Waals surface area contributed by atoms with Crippen LogP contribution >= 0.6 is 0 Å². The van der Waals surface area contributed by atoms with Crippen molar-refractivity contribution < 1.29 is 11.6 Å². The lowest BCUT2D eigenvalue weighted by Crippen LogP contribution is -2.51. The van der Waals surface area contributed by atoms with Crippen molar-refractivity contribution in [1.82, 2.24) is 14.2 Å². The Kier molecular flexibility index (Phi) is 6.11. The van der Waals surface area contributed by atoms with Crippen LogP contribution in [0.3, 0.4) is 0 Å². The Morgan fingerprint density at radius 2 is 1.61 bits per heavy atom. The quantitative estimate of drug-likeness (QED) is 0.350. The number of nitrogens with zero attached hydrogens (tertiary/aromatic N) is 3. The molecule has 0 saturated heterocycles. The monoisotopic (exact) mass is 412 g/mol. The van der Waals surface area contributed by atoms with Gasteiger partial charge in [-0.2, -0.15) is 0 Å². The molecule has 3 nitrogen and oxygen atoms in total. The van der Waals surface area contributed by atoms with Crippen LogP contribution in [0, 0.1) is 11.6 Å². The number of fused-ring (bicyclic) bond motifs is 1. The lowest BCUT2D eigenvalue weighted by Gasteiger charge is -2.44. The molecule has 0 aromatic carbocycles. The average Bonchev–Trinajstić information content (AvgIpc) is 3.00. The van der Waals surface area contributed by atoms with Crippen LogP contribution in [0.15, 0.2) is 42.9 Å². The molecule has 3 heterocycles. The highest BCUT2D eigenvalue weighted by atomic mass is 35.5. The molecule has 5 heteroatoms. The Bertz CT molecular complexity index is 949. The molecule has 0 spiro atoms. The molecular weight excluding hydrogens is 382 g/mol. The summed E-state index contributed by atoms with van der Waals surface area (Å²) in [5, 5.41) is 1.84. The maximum atomic E-state index is 5.09. The van der Waals surface area contributed by atoms with E-state index in [0.717, 1.165) is 11.2 Å². The summed E-state index contributed by atoms with van der Waals surface area (Å²) in [6, 6.07) is 8.09. The number of halogens is 1. The molecule has 148 valence electrons. The topological polar surface area (TPSA) is 30.7 Å². The van der Waals surface area contributed by atoms with E-state index in [4.69, 9.17) is 16.6 Å². The third kappa shape index (κ3) is 3.56. The van der Waals surface area contributed by atoms with E-state index < -0.39 is 8.24 Å². The molecular formula is C23H31ClN3Si+. The van der Waals surface area contributed by atoms with Gasteiger partial charge in [0.05, 0.1) is 0 Å². The summed E-state index contributed by atoms with van der Waals surface area (Å²) in [4.78, 5) is 9.04. The van der Waals surface area contributed by atoms with Crippen LogP contribution in [0.2, 0.25) is 21.8 Å². The summed E-state index contributed by atoms with van der Waals surface area (Å²) in [6.45, 7) is 14.3. The Morgan fingerprint density at radius 1 is 0.929 bits per heavy atom. The van der Waals surface area contributed by atoms with Gasteiger partial charge in [-0.15, -0.1) is 0 Å². The smallest absolute Gasteiger partial charge is 0.318 e. The normalized spacial score (nSPS) is 12.9. The molecule has 3 rings (SSSR count). The molecule has 28 heavy (non-hydrogen) atoms. The zero-order chi connectivity index (χ0) is 20.5. The Hall–Kier alpha value is -1.91. The van der Waals surface area contributed by atoms with E-state index in [1.807, 2.05) is 30.6 Å². The minimum atomic E-state index is -1.87. The molecule has 3 aromatic heterocycles. The highest BCUT2D eigenvalue weighted by molar-refractivity contribution is 6.82. The Labute approximate surface area is 174 Å². The SMILES string of the molecule is CC(C)[Si](C(C)C)(C(C)C)n1cc(/C=C\c2ccc([ClH+])nc2)c2cccnc21. The molecule has 0 saturated carbocycles. The van der Waals surface area contributed by atoms with E-state index >= 15 is 0 Å². The standard InChI is InChI=1S/C23H31ClN3Si/c1-16(2)28(17(3)4,18(5)6)27-15-20(21-8-7-13-25-23(21)27)11-9-19-10-12-22(24)26-14-19/h7-18,24H,1-6H3/q+1/b11-9-. The van der Waals surface area contributed by atoms with E-state index in [1.165, 1.54) is 10.9 Å².